The van der Waals surface area contributed by atoms with Crippen molar-refractivity contribution in [3.05, 3.63) is 64.2 Å². The van der Waals surface area contributed by atoms with E-state index in [1.54, 1.807) is 0 Å². The molecule has 0 bridgehead atoms. The van der Waals surface area contributed by atoms with E-state index in [-0.39, 0.29) is 34.1 Å². The van der Waals surface area contributed by atoms with Gasteiger partial charge in [0, 0.05) is 38.3 Å². The molecule has 11 heteroatoms. The number of piperazine rings is 1. The number of carbonyl (C=O) groups excluding carboxylic acids is 1. The molecule has 0 saturated carbocycles. The molecule has 7 nitrogen and oxygen atoms in total. The average Bonchev–Trinajstić information content (AvgIpc) is 2.79. The maximum absolute atomic E-state index is 14.7. The SMILES string of the molecule is COC(=O)c1ccc(CN(c2ccc(F)c(Cl)c2)S(=O)(=O)CCN2CCNCC2)c(F)c1. The van der Waals surface area contributed by atoms with Crippen LogP contribution in [-0.2, 0) is 21.3 Å². The van der Waals surface area contributed by atoms with Crippen molar-refractivity contribution in [3.8, 4) is 0 Å². The van der Waals surface area contributed by atoms with Crippen LogP contribution in [0.4, 0.5) is 14.5 Å². The lowest BCUT2D eigenvalue weighted by Gasteiger charge is -2.29. The van der Waals surface area contributed by atoms with Gasteiger partial charge < -0.3 is 10.1 Å². The Labute approximate surface area is 191 Å². The van der Waals surface area contributed by atoms with Gasteiger partial charge in [-0.05, 0) is 30.3 Å². The molecule has 1 fully saturated rings. The molecule has 32 heavy (non-hydrogen) atoms. The predicted molar refractivity (Wildman–Crippen MR) is 118 cm³/mol. The maximum atomic E-state index is 14.7. The van der Waals surface area contributed by atoms with Crippen LogP contribution in [0.2, 0.25) is 5.02 Å². The van der Waals surface area contributed by atoms with Crippen LogP contribution in [0.5, 0.6) is 0 Å². The van der Waals surface area contributed by atoms with Crippen LogP contribution in [0.3, 0.4) is 0 Å². The zero-order chi connectivity index (χ0) is 23.3. The Bertz CT molecular complexity index is 1080. The molecule has 1 aliphatic heterocycles. The van der Waals surface area contributed by atoms with Crippen LogP contribution in [0, 0.1) is 11.6 Å². The lowest BCUT2D eigenvalue weighted by Crippen LogP contribution is -2.46. The number of benzene rings is 2. The van der Waals surface area contributed by atoms with E-state index in [1.807, 2.05) is 4.90 Å². The van der Waals surface area contributed by atoms with Crippen LogP contribution < -0.4 is 9.62 Å². The number of esters is 1. The third-order valence-corrected chi connectivity index (χ3v) is 7.19. The number of nitrogens with one attached hydrogen (secondary N) is 1. The number of halogens is 3. The van der Waals surface area contributed by atoms with Crippen molar-refractivity contribution in [3.63, 3.8) is 0 Å². The van der Waals surface area contributed by atoms with Gasteiger partial charge in [-0.25, -0.2) is 22.0 Å². The highest BCUT2D eigenvalue weighted by Gasteiger charge is 2.26. The molecule has 174 valence electrons. The number of ether oxygens (including phenoxy) is 1. The summed E-state index contributed by atoms with van der Waals surface area (Å²) in [5.74, 6) is -2.36. The van der Waals surface area contributed by atoms with E-state index >= 15 is 0 Å². The molecule has 0 amide bonds. The Morgan fingerprint density at radius 3 is 2.50 bits per heavy atom. The summed E-state index contributed by atoms with van der Waals surface area (Å²) in [4.78, 5) is 13.7. The minimum Gasteiger partial charge on any atom is -0.465 e. The Morgan fingerprint density at radius 1 is 1.16 bits per heavy atom. The summed E-state index contributed by atoms with van der Waals surface area (Å²) in [7, 11) is -2.74. The van der Waals surface area contributed by atoms with Gasteiger partial charge in [0.25, 0.3) is 0 Å². The van der Waals surface area contributed by atoms with Gasteiger partial charge in [0.05, 0.1) is 35.7 Å². The first-order chi connectivity index (χ1) is 15.2. The minimum atomic E-state index is -3.92. The van der Waals surface area contributed by atoms with Crippen LogP contribution in [0.25, 0.3) is 0 Å². The van der Waals surface area contributed by atoms with E-state index < -0.39 is 27.6 Å². The number of hydrogen-bond donors (Lipinski definition) is 1. The first-order valence-electron chi connectivity index (χ1n) is 9.96. The number of rotatable bonds is 8. The third-order valence-electron chi connectivity index (χ3n) is 5.19. The lowest BCUT2D eigenvalue weighted by molar-refractivity contribution is 0.0600. The molecule has 0 spiro atoms. The molecule has 1 N–H and O–H groups in total. The fourth-order valence-corrected chi connectivity index (χ4v) is 5.01. The van der Waals surface area contributed by atoms with E-state index in [0.717, 1.165) is 42.6 Å². The lowest BCUT2D eigenvalue weighted by atomic mass is 10.1. The number of methoxy groups -OCH3 is 1. The predicted octanol–water partition coefficient (Wildman–Crippen LogP) is 2.65. The fraction of sp³-hybridized carbons (Fsp3) is 0.381. The Kier molecular flexibility index (Phi) is 8.05. The van der Waals surface area contributed by atoms with Crippen LogP contribution in [-0.4, -0.2) is 64.9 Å². The van der Waals surface area contributed by atoms with E-state index in [9.17, 15) is 22.0 Å². The highest BCUT2D eigenvalue weighted by atomic mass is 35.5. The van der Waals surface area contributed by atoms with Gasteiger partial charge in [-0.2, -0.15) is 0 Å². The molecular formula is C21H24ClF2N3O4S. The van der Waals surface area contributed by atoms with Gasteiger partial charge in [0.1, 0.15) is 11.6 Å². The van der Waals surface area contributed by atoms with Crippen molar-refractivity contribution in [1.29, 1.82) is 0 Å². The monoisotopic (exact) mass is 487 g/mol. The van der Waals surface area contributed by atoms with Gasteiger partial charge in [0.15, 0.2) is 0 Å². The number of sulfonamides is 1. The van der Waals surface area contributed by atoms with Gasteiger partial charge >= 0.3 is 5.97 Å². The minimum absolute atomic E-state index is 0.00620. The van der Waals surface area contributed by atoms with Crippen molar-refractivity contribution in [1.82, 2.24) is 10.2 Å². The van der Waals surface area contributed by atoms with Crippen molar-refractivity contribution < 1.29 is 26.7 Å². The van der Waals surface area contributed by atoms with Crippen molar-refractivity contribution in [2.75, 3.05) is 49.9 Å². The number of anilines is 1. The molecule has 1 aliphatic rings. The quantitative estimate of drug-likeness (QED) is 0.577. The summed E-state index contributed by atoms with van der Waals surface area (Å²) in [5, 5.41) is 2.96. The molecule has 0 atom stereocenters. The Hall–Kier alpha value is -2.27. The zero-order valence-electron chi connectivity index (χ0n) is 17.5. The molecule has 0 aromatic heterocycles. The summed E-state index contributed by atoms with van der Waals surface area (Å²) in [6.07, 6.45) is 0. The highest BCUT2D eigenvalue weighted by Crippen LogP contribution is 2.27. The molecule has 0 aliphatic carbocycles. The molecule has 0 radical (unpaired) electrons. The molecule has 2 aromatic carbocycles. The maximum Gasteiger partial charge on any atom is 0.337 e. The Balaban J connectivity index is 1.90. The normalized spacial score (nSPS) is 14.9. The van der Waals surface area contributed by atoms with Crippen LogP contribution in [0.1, 0.15) is 15.9 Å². The van der Waals surface area contributed by atoms with Crippen molar-refractivity contribution in [2.45, 2.75) is 6.54 Å². The summed E-state index contributed by atoms with van der Waals surface area (Å²) in [6, 6.07) is 7.21. The second-order valence-corrected chi connectivity index (χ2v) is 9.73. The summed E-state index contributed by atoms with van der Waals surface area (Å²) in [6.45, 7) is 2.95. The van der Waals surface area contributed by atoms with E-state index in [0.29, 0.717) is 6.54 Å². The number of carbonyl (C=O) groups is 1. The fourth-order valence-electron chi connectivity index (χ4n) is 3.35. The van der Waals surface area contributed by atoms with E-state index in [2.05, 4.69) is 10.1 Å². The second-order valence-electron chi connectivity index (χ2n) is 7.31. The van der Waals surface area contributed by atoms with E-state index in [4.69, 9.17) is 11.6 Å². The van der Waals surface area contributed by atoms with E-state index in [1.165, 1.54) is 31.4 Å². The summed E-state index contributed by atoms with van der Waals surface area (Å²) in [5.41, 5.74) is 0.170. The largest absolute Gasteiger partial charge is 0.465 e. The molecule has 2 aromatic rings. The highest BCUT2D eigenvalue weighted by molar-refractivity contribution is 7.92. The summed E-state index contributed by atoms with van der Waals surface area (Å²) < 4.78 is 60.5. The number of hydrogen-bond acceptors (Lipinski definition) is 6. The second kappa shape index (κ2) is 10.6. The summed E-state index contributed by atoms with van der Waals surface area (Å²) >= 11 is 5.88. The van der Waals surface area contributed by atoms with Crippen LogP contribution in [0.15, 0.2) is 36.4 Å². The van der Waals surface area contributed by atoms with Crippen molar-refractivity contribution in [2.24, 2.45) is 0 Å². The van der Waals surface area contributed by atoms with Gasteiger partial charge in [-0.3, -0.25) is 9.21 Å². The van der Waals surface area contributed by atoms with Crippen LogP contribution >= 0.6 is 11.6 Å². The average molecular weight is 488 g/mol. The Morgan fingerprint density at radius 2 is 1.88 bits per heavy atom. The molecule has 1 saturated heterocycles. The topological polar surface area (TPSA) is 79.0 Å². The standard InChI is InChI=1S/C21H24ClF2N3O4S/c1-31-21(28)15-2-3-16(20(24)12-15)14-27(17-4-5-19(23)18(22)13-17)32(29,30)11-10-26-8-6-25-7-9-26/h2-5,12-13,25H,6-11,14H2,1H3. The third kappa shape index (κ3) is 5.94. The van der Waals surface area contributed by atoms with Crippen molar-refractivity contribution >= 4 is 33.3 Å². The van der Waals surface area contributed by atoms with Gasteiger partial charge in [-0.1, -0.05) is 17.7 Å². The molecular weight excluding hydrogens is 464 g/mol. The smallest absolute Gasteiger partial charge is 0.337 e. The number of nitrogens with zero attached hydrogens (tertiary/aromatic N) is 2. The first-order valence-corrected chi connectivity index (χ1v) is 12.0. The first kappa shape index (κ1) is 24.4. The zero-order valence-corrected chi connectivity index (χ0v) is 19.1. The van der Waals surface area contributed by atoms with Gasteiger partial charge in [-0.15, -0.1) is 0 Å². The molecule has 1 heterocycles. The van der Waals surface area contributed by atoms with Gasteiger partial charge in [0.2, 0.25) is 10.0 Å². The molecule has 3 rings (SSSR count). The molecule has 0 unspecified atom stereocenters.